The number of hydrazone groups is 1. The third kappa shape index (κ3) is 4.04. The van der Waals surface area contributed by atoms with Crippen LogP contribution in [0.4, 0.5) is 0 Å². The number of aryl methyl sites for hydroxylation is 1. The average molecular weight is 354 g/mol. The topological polar surface area (TPSA) is 91.1 Å². The number of nitrogens with one attached hydrogen (secondary N) is 2. The van der Waals surface area contributed by atoms with E-state index in [1.54, 1.807) is 12.1 Å². The number of nitrogens with zero attached hydrogens (tertiary/aromatic N) is 3. The zero-order valence-electron chi connectivity index (χ0n) is 13.5. The van der Waals surface area contributed by atoms with Crippen molar-refractivity contribution in [2.45, 2.75) is 13.3 Å². The summed E-state index contributed by atoms with van der Waals surface area (Å²) in [6.07, 6.45) is 9.22. The first kappa shape index (κ1) is 16.7. The summed E-state index contributed by atoms with van der Waals surface area (Å²) in [5, 5.41) is 3.94. The SMILES string of the molecule is CCc1cc[n+](-c2[nH]c(=O)sc2C=NNC(=O)c2ccncc2)cc1. The van der Waals surface area contributed by atoms with Crippen molar-refractivity contribution in [2.75, 3.05) is 0 Å². The van der Waals surface area contributed by atoms with Gasteiger partial charge >= 0.3 is 10.7 Å². The predicted octanol–water partition coefficient (Wildman–Crippen LogP) is 1.43. The van der Waals surface area contributed by atoms with Crippen molar-refractivity contribution < 1.29 is 9.36 Å². The highest BCUT2D eigenvalue weighted by Gasteiger charge is 2.16. The lowest BCUT2D eigenvalue weighted by Crippen LogP contribution is -2.32. The fourth-order valence-corrected chi connectivity index (χ4v) is 2.88. The van der Waals surface area contributed by atoms with Gasteiger partial charge in [0.05, 0.1) is 18.6 Å². The van der Waals surface area contributed by atoms with Crippen molar-refractivity contribution >= 4 is 23.5 Å². The number of thiazole rings is 1. The molecule has 0 aromatic carbocycles. The van der Waals surface area contributed by atoms with E-state index >= 15 is 0 Å². The second-order valence-corrected chi connectivity index (χ2v) is 6.14. The first-order chi connectivity index (χ1) is 12.2. The number of aromatic nitrogens is 3. The number of carbonyl (C=O) groups excluding carboxylic acids is 1. The average Bonchev–Trinajstić information content (AvgIpc) is 3.03. The normalized spacial score (nSPS) is 10.9. The van der Waals surface area contributed by atoms with Crippen LogP contribution in [-0.4, -0.2) is 22.1 Å². The molecule has 0 aliphatic heterocycles. The van der Waals surface area contributed by atoms with Gasteiger partial charge in [0.25, 0.3) is 5.91 Å². The molecular weight excluding hydrogens is 338 g/mol. The Morgan fingerprint density at radius 2 is 2.04 bits per heavy atom. The fourth-order valence-electron chi connectivity index (χ4n) is 2.17. The Hall–Kier alpha value is -3.13. The summed E-state index contributed by atoms with van der Waals surface area (Å²) < 4.78 is 1.81. The largest absolute Gasteiger partial charge is 0.390 e. The predicted molar refractivity (Wildman–Crippen MR) is 95.1 cm³/mol. The van der Waals surface area contributed by atoms with Gasteiger partial charge in [-0.2, -0.15) is 10.1 Å². The number of hydrogen-bond acceptors (Lipinski definition) is 5. The Kier molecular flexibility index (Phi) is 5.10. The Morgan fingerprint density at radius 1 is 1.32 bits per heavy atom. The van der Waals surface area contributed by atoms with E-state index in [1.807, 2.05) is 29.1 Å². The van der Waals surface area contributed by atoms with Crippen LogP contribution in [0.2, 0.25) is 0 Å². The molecule has 7 nitrogen and oxygen atoms in total. The molecule has 0 aliphatic carbocycles. The molecule has 0 saturated heterocycles. The molecule has 25 heavy (non-hydrogen) atoms. The minimum atomic E-state index is -0.344. The minimum Gasteiger partial charge on any atom is -0.267 e. The highest BCUT2D eigenvalue weighted by molar-refractivity contribution is 7.11. The maximum absolute atomic E-state index is 11.9. The summed E-state index contributed by atoms with van der Waals surface area (Å²) in [5.74, 6) is 0.266. The van der Waals surface area contributed by atoms with E-state index in [2.05, 4.69) is 27.4 Å². The van der Waals surface area contributed by atoms with Gasteiger partial charge in [0.1, 0.15) is 4.88 Å². The van der Waals surface area contributed by atoms with Crippen LogP contribution < -0.4 is 14.9 Å². The Bertz CT molecular complexity index is 945. The van der Waals surface area contributed by atoms with E-state index in [9.17, 15) is 9.59 Å². The minimum absolute atomic E-state index is 0.191. The molecule has 3 heterocycles. The molecule has 0 atom stereocenters. The van der Waals surface area contributed by atoms with Crippen molar-refractivity contribution in [1.29, 1.82) is 0 Å². The molecule has 3 aromatic rings. The molecular formula is C17H16N5O2S+. The molecule has 0 fully saturated rings. The first-order valence-electron chi connectivity index (χ1n) is 7.64. The smallest absolute Gasteiger partial charge is 0.267 e. The summed E-state index contributed by atoms with van der Waals surface area (Å²) in [6, 6.07) is 7.16. The molecule has 2 N–H and O–H groups in total. The van der Waals surface area contributed by atoms with Gasteiger partial charge in [-0.25, -0.2) is 14.8 Å². The summed E-state index contributed by atoms with van der Waals surface area (Å²) in [7, 11) is 0. The lowest BCUT2D eigenvalue weighted by atomic mass is 10.2. The zero-order valence-corrected chi connectivity index (χ0v) is 14.3. The molecule has 3 aromatic heterocycles. The van der Waals surface area contributed by atoms with E-state index in [4.69, 9.17) is 0 Å². The van der Waals surface area contributed by atoms with E-state index in [0.717, 1.165) is 17.8 Å². The lowest BCUT2D eigenvalue weighted by Gasteiger charge is -1.99. The van der Waals surface area contributed by atoms with Crippen LogP contribution in [0.15, 0.2) is 58.9 Å². The Balaban J connectivity index is 1.78. The molecule has 0 radical (unpaired) electrons. The van der Waals surface area contributed by atoms with Crippen LogP contribution in [0.25, 0.3) is 5.82 Å². The van der Waals surface area contributed by atoms with E-state index in [0.29, 0.717) is 16.3 Å². The zero-order chi connectivity index (χ0) is 17.6. The fraction of sp³-hybridized carbons (Fsp3) is 0.118. The monoisotopic (exact) mass is 354 g/mol. The van der Waals surface area contributed by atoms with Gasteiger partial charge in [0.2, 0.25) is 0 Å². The van der Waals surface area contributed by atoms with E-state index in [-0.39, 0.29) is 10.8 Å². The van der Waals surface area contributed by atoms with Crippen molar-refractivity contribution in [3.63, 3.8) is 0 Å². The second kappa shape index (κ2) is 7.63. The number of pyridine rings is 2. The standard InChI is InChI=1S/C17H15N5O2S/c1-2-12-5-9-22(10-6-12)15-14(25-17(24)20-15)11-19-21-16(23)13-3-7-18-8-4-13/h3-11H,2H2,1H3,(H-,18,19,20,21,23,24)/p+1. The third-order valence-corrected chi connectivity index (χ3v) is 4.32. The number of rotatable bonds is 5. The summed E-state index contributed by atoms with van der Waals surface area (Å²) in [4.78, 5) is 30.7. The third-order valence-electron chi connectivity index (χ3n) is 3.51. The van der Waals surface area contributed by atoms with Gasteiger partial charge in [-0.1, -0.05) is 6.92 Å². The number of carbonyl (C=O) groups is 1. The maximum atomic E-state index is 11.9. The molecule has 3 rings (SSSR count). The van der Waals surface area contributed by atoms with Crippen molar-refractivity contribution in [1.82, 2.24) is 15.4 Å². The van der Waals surface area contributed by atoms with E-state index in [1.165, 1.54) is 24.2 Å². The van der Waals surface area contributed by atoms with Crippen LogP contribution in [-0.2, 0) is 6.42 Å². The molecule has 0 bridgehead atoms. The second-order valence-electron chi connectivity index (χ2n) is 5.13. The summed E-state index contributed by atoms with van der Waals surface area (Å²) in [5.41, 5.74) is 4.10. The van der Waals surface area contributed by atoms with Gasteiger partial charge < -0.3 is 0 Å². The van der Waals surface area contributed by atoms with Gasteiger partial charge in [0.15, 0.2) is 0 Å². The molecule has 8 heteroatoms. The van der Waals surface area contributed by atoms with Crippen molar-refractivity contribution in [2.24, 2.45) is 5.10 Å². The van der Waals surface area contributed by atoms with Crippen molar-refractivity contribution in [3.05, 3.63) is 74.7 Å². The molecule has 0 spiro atoms. The highest BCUT2D eigenvalue weighted by Crippen LogP contribution is 2.07. The molecule has 0 aliphatic rings. The van der Waals surface area contributed by atoms with Gasteiger partial charge in [-0.15, -0.1) is 0 Å². The quantitative estimate of drug-likeness (QED) is 0.413. The summed E-state index contributed by atoms with van der Waals surface area (Å²) in [6.45, 7) is 2.08. The van der Waals surface area contributed by atoms with Crippen LogP contribution in [0.1, 0.15) is 27.7 Å². The molecule has 1 amide bonds. The van der Waals surface area contributed by atoms with Crippen LogP contribution in [0.5, 0.6) is 0 Å². The van der Waals surface area contributed by atoms with Crippen molar-refractivity contribution in [3.8, 4) is 5.82 Å². The number of aromatic amines is 1. The maximum Gasteiger partial charge on any atom is 0.390 e. The van der Waals surface area contributed by atoms with E-state index < -0.39 is 0 Å². The number of H-pyrrole nitrogens is 1. The highest BCUT2D eigenvalue weighted by atomic mass is 32.1. The van der Waals surface area contributed by atoms with Crippen LogP contribution in [0, 0.1) is 0 Å². The molecule has 0 unspecified atom stereocenters. The number of amides is 1. The molecule has 0 saturated carbocycles. The first-order valence-corrected chi connectivity index (χ1v) is 8.46. The van der Waals surface area contributed by atoms with Crippen LogP contribution >= 0.6 is 11.3 Å². The Labute approximate surface area is 147 Å². The van der Waals surface area contributed by atoms with Gasteiger partial charge in [-0.05, 0) is 47.6 Å². The Morgan fingerprint density at radius 3 is 2.72 bits per heavy atom. The number of hydrogen-bond donors (Lipinski definition) is 2. The molecule has 126 valence electrons. The van der Waals surface area contributed by atoms with Gasteiger partial charge in [-0.3, -0.25) is 9.78 Å². The summed E-state index contributed by atoms with van der Waals surface area (Å²) >= 11 is 1.02. The van der Waals surface area contributed by atoms with Crippen LogP contribution in [0.3, 0.4) is 0 Å². The lowest BCUT2D eigenvalue weighted by molar-refractivity contribution is -0.599. The van der Waals surface area contributed by atoms with Gasteiger partial charge in [0, 0.05) is 18.0 Å².